The highest BCUT2D eigenvalue weighted by molar-refractivity contribution is 5.77. The molecule has 0 spiro atoms. The number of nitriles is 1. The second-order valence-corrected chi connectivity index (χ2v) is 12.4. The summed E-state index contributed by atoms with van der Waals surface area (Å²) in [4.78, 5) is 41.8. The van der Waals surface area contributed by atoms with Gasteiger partial charge in [-0.2, -0.15) is 10.2 Å². The van der Waals surface area contributed by atoms with E-state index >= 15 is 4.39 Å². The molecule has 0 radical (unpaired) electrons. The highest BCUT2D eigenvalue weighted by Crippen LogP contribution is 2.29. The molecule has 258 valence electrons. The van der Waals surface area contributed by atoms with Gasteiger partial charge in [-0.05, 0) is 42.8 Å². The van der Waals surface area contributed by atoms with Gasteiger partial charge < -0.3 is 29.5 Å². The van der Waals surface area contributed by atoms with Gasteiger partial charge in [-0.1, -0.05) is 0 Å². The molecular formula is C34H39F2N9O4. The Balaban J connectivity index is 0.000000531. The zero-order valence-corrected chi connectivity index (χ0v) is 27.3. The SMILES string of the molecule is CN1CCCC1=O.N#Cc1cc(-c2ncnc(Nc3ccc(N4CCN(C5COC5)CC4)c(F)c3)n2)ccc1OC1CCN(C=O)CC1F. The predicted octanol–water partition coefficient (Wildman–Crippen LogP) is 3.00. The van der Waals surface area contributed by atoms with E-state index < -0.39 is 12.3 Å². The molecule has 49 heavy (non-hydrogen) atoms. The van der Waals surface area contributed by atoms with Crippen LogP contribution < -0.4 is 15.0 Å². The minimum absolute atomic E-state index is 0.0467. The van der Waals surface area contributed by atoms with Gasteiger partial charge in [-0.15, -0.1) is 0 Å². The third-order valence-electron chi connectivity index (χ3n) is 9.18. The maximum absolute atomic E-state index is 15.1. The van der Waals surface area contributed by atoms with Gasteiger partial charge in [0.15, 0.2) is 12.0 Å². The van der Waals surface area contributed by atoms with E-state index in [4.69, 9.17) is 9.47 Å². The molecule has 4 saturated heterocycles. The summed E-state index contributed by atoms with van der Waals surface area (Å²) < 4.78 is 40.7. The average Bonchev–Trinajstić information content (AvgIpc) is 3.47. The Morgan fingerprint density at radius 3 is 2.51 bits per heavy atom. The quantitative estimate of drug-likeness (QED) is 0.353. The minimum atomic E-state index is -1.36. The lowest BCUT2D eigenvalue weighted by Crippen LogP contribution is -2.56. The zero-order valence-electron chi connectivity index (χ0n) is 27.3. The topological polar surface area (TPSA) is 140 Å². The fourth-order valence-corrected chi connectivity index (χ4v) is 6.17. The molecule has 4 fully saturated rings. The molecule has 1 N–H and O–H groups in total. The molecule has 13 nitrogen and oxygen atoms in total. The van der Waals surface area contributed by atoms with E-state index in [0.717, 1.165) is 58.8 Å². The van der Waals surface area contributed by atoms with Crippen molar-refractivity contribution in [1.29, 1.82) is 5.26 Å². The number of ether oxygens (including phenoxy) is 2. The van der Waals surface area contributed by atoms with Crippen molar-refractivity contribution >= 4 is 29.6 Å². The van der Waals surface area contributed by atoms with Gasteiger partial charge in [-0.3, -0.25) is 14.5 Å². The number of carbonyl (C=O) groups excluding carboxylic acids is 2. The first kappa shape index (κ1) is 33.9. The molecule has 2 aromatic carbocycles. The molecule has 0 bridgehead atoms. The number of piperazine rings is 1. The number of amides is 2. The number of piperidine rings is 1. The number of alkyl halides is 1. The zero-order chi connectivity index (χ0) is 34.3. The van der Waals surface area contributed by atoms with E-state index in [-0.39, 0.29) is 29.6 Å². The number of nitrogens with one attached hydrogen (secondary N) is 1. The molecule has 2 unspecified atom stereocenters. The van der Waals surface area contributed by atoms with E-state index in [2.05, 4.69) is 36.1 Å². The van der Waals surface area contributed by atoms with Crippen LogP contribution in [0.5, 0.6) is 5.75 Å². The van der Waals surface area contributed by atoms with E-state index in [1.165, 1.54) is 17.3 Å². The largest absolute Gasteiger partial charge is 0.486 e. The predicted molar refractivity (Wildman–Crippen MR) is 176 cm³/mol. The van der Waals surface area contributed by atoms with Gasteiger partial charge in [0.1, 0.15) is 30.1 Å². The lowest BCUT2D eigenvalue weighted by Gasteiger charge is -2.43. The Morgan fingerprint density at radius 1 is 1.08 bits per heavy atom. The number of halogens is 2. The van der Waals surface area contributed by atoms with Crippen LogP contribution in [0.25, 0.3) is 11.4 Å². The molecular weight excluding hydrogens is 636 g/mol. The molecule has 4 aliphatic heterocycles. The molecule has 2 atom stereocenters. The first-order valence-electron chi connectivity index (χ1n) is 16.4. The molecule has 5 heterocycles. The number of benzene rings is 2. The number of rotatable bonds is 8. The first-order valence-corrected chi connectivity index (χ1v) is 16.4. The highest BCUT2D eigenvalue weighted by atomic mass is 19.1. The maximum atomic E-state index is 15.1. The molecule has 0 aliphatic carbocycles. The van der Waals surface area contributed by atoms with Gasteiger partial charge in [-0.25, -0.2) is 18.7 Å². The van der Waals surface area contributed by atoms with E-state index in [1.54, 1.807) is 35.2 Å². The summed E-state index contributed by atoms with van der Waals surface area (Å²) in [6.45, 7) is 6.09. The molecule has 7 rings (SSSR count). The third kappa shape index (κ3) is 8.21. The summed E-state index contributed by atoms with van der Waals surface area (Å²) in [5, 5.41) is 12.7. The minimum Gasteiger partial charge on any atom is -0.486 e. The lowest BCUT2D eigenvalue weighted by atomic mass is 10.1. The smallest absolute Gasteiger partial charge is 0.230 e. The van der Waals surface area contributed by atoms with Crippen LogP contribution in [0, 0.1) is 17.1 Å². The van der Waals surface area contributed by atoms with Crippen molar-refractivity contribution in [2.24, 2.45) is 0 Å². The van der Waals surface area contributed by atoms with Crippen LogP contribution >= 0.6 is 0 Å². The third-order valence-corrected chi connectivity index (χ3v) is 9.18. The van der Waals surface area contributed by atoms with Gasteiger partial charge in [0.25, 0.3) is 0 Å². The first-order chi connectivity index (χ1) is 23.8. The summed E-state index contributed by atoms with van der Waals surface area (Å²) in [7, 11) is 1.84. The van der Waals surface area contributed by atoms with Gasteiger partial charge in [0.05, 0.1) is 37.1 Å². The Morgan fingerprint density at radius 2 is 1.90 bits per heavy atom. The van der Waals surface area contributed by atoms with Gasteiger partial charge in [0.2, 0.25) is 18.3 Å². The molecule has 2 amide bonds. The van der Waals surface area contributed by atoms with Crippen molar-refractivity contribution in [1.82, 2.24) is 29.7 Å². The van der Waals surface area contributed by atoms with Crippen LogP contribution in [-0.2, 0) is 14.3 Å². The van der Waals surface area contributed by atoms with Crippen molar-refractivity contribution in [2.75, 3.05) is 76.3 Å². The number of aromatic nitrogens is 3. The van der Waals surface area contributed by atoms with E-state index in [0.29, 0.717) is 54.1 Å². The monoisotopic (exact) mass is 675 g/mol. The number of carbonyl (C=O) groups is 2. The van der Waals surface area contributed by atoms with E-state index in [9.17, 15) is 19.2 Å². The summed E-state index contributed by atoms with van der Waals surface area (Å²) >= 11 is 0. The van der Waals surface area contributed by atoms with E-state index in [1.807, 2.05) is 7.05 Å². The van der Waals surface area contributed by atoms with Crippen LogP contribution in [0.2, 0.25) is 0 Å². The van der Waals surface area contributed by atoms with Crippen molar-refractivity contribution in [3.8, 4) is 23.2 Å². The Hall–Kier alpha value is -4.94. The second kappa shape index (κ2) is 15.5. The van der Waals surface area contributed by atoms with Crippen LogP contribution in [0.3, 0.4) is 0 Å². The fourth-order valence-electron chi connectivity index (χ4n) is 6.17. The number of hydrogen-bond donors (Lipinski definition) is 1. The molecule has 1 aromatic heterocycles. The van der Waals surface area contributed by atoms with Gasteiger partial charge >= 0.3 is 0 Å². The number of likely N-dealkylation sites (tertiary alicyclic amines) is 2. The van der Waals surface area contributed by atoms with Crippen molar-refractivity contribution in [3.63, 3.8) is 0 Å². The van der Waals surface area contributed by atoms with Crippen LogP contribution in [0.15, 0.2) is 42.7 Å². The number of nitrogens with zero attached hydrogens (tertiary/aromatic N) is 8. The van der Waals surface area contributed by atoms with Crippen molar-refractivity contribution in [2.45, 2.75) is 37.6 Å². The number of hydrogen-bond acceptors (Lipinski definition) is 11. The highest BCUT2D eigenvalue weighted by Gasteiger charge is 2.31. The normalized spacial score (nSPS) is 21.3. The van der Waals surface area contributed by atoms with Crippen LogP contribution in [0.1, 0.15) is 24.8 Å². The Kier molecular flexibility index (Phi) is 10.8. The standard InChI is InChI=1S/C29H30F2N8O3.C5H9NO/c30-23-12-21(2-3-25(23)39-9-7-38(8-10-39)22-15-41-16-22)35-29-34-17-33-28(36-29)19-1-4-26(20(11-19)13-32)42-27-5-6-37(18-40)14-24(27)31;1-6-4-2-3-5(6)7/h1-4,11-12,17-18,22,24,27H,5-10,14-16H2,(H,33,34,35,36);2-4H2,1H3. The maximum Gasteiger partial charge on any atom is 0.230 e. The summed E-state index contributed by atoms with van der Waals surface area (Å²) in [5.74, 6) is 0.709. The molecule has 3 aromatic rings. The fraction of sp³-hybridized carbons (Fsp3) is 0.471. The summed E-state index contributed by atoms with van der Waals surface area (Å²) in [6.07, 6.45) is 1.97. The van der Waals surface area contributed by atoms with Crippen LogP contribution in [0.4, 0.5) is 26.1 Å². The lowest BCUT2D eigenvalue weighted by molar-refractivity contribution is -0.126. The second-order valence-electron chi connectivity index (χ2n) is 12.4. The summed E-state index contributed by atoms with van der Waals surface area (Å²) in [5.41, 5.74) is 1.78. The van der Waals surface area contributed by atoms with Crippen LogP contribution in [-0.4, -0.2) is 126 Å². The van der Waals surface area contributed by atoms with Crippen molar-refractivity contribution in [3.05, 3.63) is 54.1 Å². The van der Waals surface area contributed by atoms with Crippen molar-refractivity contribution < 1.29 is 27.8 Å². The Labute approximate surface area is 283 Å². The Bertz CT molecular complexity index is 1680. The molecule has 4 aliphatic rings. The van der Waals surface area contributed by atoms with Gasteiger partial charge in [0, 0.05) is 70.4 Å². The number of anilines is 3. The molecule has 0 saturated carbocycles. The molecule has 15 heteroatoms. The summed E-state index contributed by atoms with van der Waals surface area (Å²) in [6, 6.07) is 12.3. The average molecular weight is 676 g/mol.